The number of carbonyl (C=O) groups is 2. The molecule has 9 heteroatoms. The molecule has 1 aromatic rings. The molecular formula is C20H27N3O5S. The van der Waals surface area contributed by atoms with Gasteiger partial charge in [-0.05, 0) is 44.5 Å². The lowest BCUT2D eigenvalue weighted by Crippen LogP contribution is -2.37. The highest BCUT2D eigenvalue weighted by Crippen LogP contribution is 2.23. The van der Waals surface area contributed by atoms with Crippen LogP contribution >= 0.6 is 12.2 Å². The van der Waals surface area contributed by atoms with E-state index in [9.17, 15) is 9.59 Å². The molecule has 0 aromatic carbocycles. The van der Waals surface area contributed by atoms with Gasteiger partial charge in [-0.1, -0.05) is 18.6 Å². The smallest absolute Gasteiger partial charge is 0.328 e. The van der Waals surface area contributed by atoms with Crippen LogP contribution in [-0.2, 0) is 9.59 Å². The van der Waals surface area contributed by atoms with Gasteiger partial charge in [0, 0.05) is 31.9 Å². The molecule has 0 bridgehead atoms. The van der Waals surface area contributed by atoms with Crippen LogP contribution in [-0.4, -0.2) is 81.3 Å². The zero-order valence-electron chi connectivity index (χ0n) is 16.5. The first-order valence-electron chi connectivity index (χ1n) is 9.60. The Morgan fingerprint density at radius 3 is 2.52 bits per heavy atom. The van der Waals surface area contributed by atoms with E-state index in [2.05, 4.69) is 14.8 Å². The van der Waals surface area contributed by atoms with Gasteiger partial charge in [-0.15, -0.1) is 0 Å². The monoisotopic (exact) mass is 421 g/mol. The average Bonchev–Trinajstić information content (AvgIpc) is 2.83. The van der Waals surface area contributed by atoms with Crippen LogP contribution in [0.4, 0.5) is 0 Å². The largest absolute Gasteiger partial charge is 0.478 e. The Morgan fingerprint density at radius 2 is 1.90 bits per heavy atom. The first-order chi connectivity index (χ1) is 13.9. The van der Waals surface area contributed by atoms with Crippen LogP contribution in [0.1, 0.15) is 31.2 Å². The molecule has 2 aliphatic rings. The Bertz CT molecular complexity index is 733. The normalized spacial score (nSPS) is 19.6. The highest BCUT2D eigenvalue weighted by molar-refractivity contribution is 7.80. The molecule has 0 aliphatic carbocycles. The maximum atomic E-state index is 9.55. The van der Waals surface area contributed by atoms with Gasteiger partial charge in [0.15, 0.2) is 0 Å². The number of aromatic nitrogens is 1. The summed E-state index contributed by atoms with van der Waals surface area (Å²) in [4.78, 5) is 29.0. The number of likely N-dealkylation sites (N-methyl/N-ethyl adjacent to an activating group) is 1. The first-order valence-corrected chi connectivity index (χ1v) is 10.0. The summed E-state index contributed by atoms with van der Waals surface area (Å²) in [6.45, 7) is 4.40. The second-order valence-electron chi connectivity index (χ2n) is 6.98. The summed E-state index contributed by atoms with van der Waals surface area (Å²) in [7, 11) is 2.04. The van der Waals surface area contributed by atoms with E-state index in [4.69, 9.17) is 27.2 Å². The van der Waals surface area contributed by atoms with E-state index in [1.807, 2.05) is 19.2 Å². The SMILES string of the molecule is CN1CC(CCN2CCCCC2)Oc2ncccc2C1=S.O=C(O)C=CC(=O)O. The van der Waals surface area contributed by atoms with Crippen LogP contribution in [0.2, 0.25) is 0 Å². The molecule has 0 amide bonds. The van der Waals surface area contributed by atoms with E-state index in [0.29, 0.717) is 18.0 Å². The lowest BCUT2D eigenvalue weighted by atomic mass is 10.1. The number of rotatable bonds is 5. The van der Waals surface area contributed by atoms with Gasteiger partial charge in [0.2, 0.25) is 5.88 Å². The third-order valence-electron chi connectivity index (χ3n) is 4.69. The Morgan fingerprint density at radius 1 is 1.24 bits per heavy atom. The van der Waals surface area contributed by atoms with E-state index in [-0.39, 0.29) is 6.10 Å². The molecule has 1 atom stereocenters. The molecule has 1 fully saturated rings. The first kappa shape index (κ1) is 22.8. The predicted octanol–water partition coefficient (Wildman–Crippen LogP) is 2.04. The highest BCUT2D eigenvalue weighted by atomic mass is 32.1. The highest BCUT2D eigenvalue weighted by Gasteiger charge is 2.25. The topological polar surface area (TPSA) is 103 Å². The molecule has 1 aromatic heterocycles. The van der Waals surface area contributed by atoms with Crippen molar-refractivity contribution in [2.45, 2.75) is 31.8 Å². The van der Waals surface area contributed by atoms with E-state index in [0.717, 1.165) is 30.1 Å². The van der Waals surface area contributed by atoms with E-state index < -0.39 is 11.9 Å². The van der Waals surface area contributed by atoms with Crippen molar-refractivity contribution in [2.75, 3.05) is 33.2 Å². The van der Waals surface area contributed by atoms with Crippen molar-refractivity contribution < 1.29 is 24.5 Å². The number of carboxylic acid groups (broad SMARTS) is 2. The molecular weight excluding hydrogens is 394 g/mol. The molecule has 1 unspecified atom stereocenters. The molecule has 0 saturated carbocycles. The Balaban J connectivity index is 0.000000321. The minimum Gasteiger partial charge on any atom is -0.478 e. The van der Waals surface area contributed by atoms with Crippen molar-refractivity contribution in [2.24, 2.45) is 0 Å². The molecule has 0 radical (unpaired) electrons. The number of pyridine rings is 1. The van der Waals surface area contributed by atoms with Gasteiger partial charge in [-0.2, -0.15) is 0 Å². The second kappa shape index (κ2) is 11.5. The number of ether oxygens (including phenoxy) is 1. The Hall–Kier alpha value is -2.52. The number of aliphatic carboxylic acids is 2. The molecule has 158 valence electrons. The standard InChI is InChI=1S/C16H23N3OS.C4H4O4/c1-18-12-13(7-11-19-9-3-2-4-10-19)20-15-14(16(18)21)6-5-8-17-15;5-3(6)1-2-4(7)8/h5-6,8,13H,2-4,7,9-12H2,1H3;1-2H,(H,5,6)(H,7,8). The molecule has 29 heavy (non-hydrogen) atoms. The minimum absolute atomic E-state index is 0.158. The number of likely N-dealkylation sites (tertiary alicyclic amines) is 1. The summed E-state index contributed by atoms with van der Waals surface area (Å²) in [5.41, 5.74) is 0.940. The molecule has 1 saturated heterocycles. The van der Waals surface area contributed by atoms with E-state index in [1.165, 1.54) is 32.4 Å². The van der Waals surface area contributed by atoms with E-state index >= 15 is 0 Å². The fourth-order valence-corrected chi connectivity index (χ4v) is 3.47. The van der Waals surface area contributed by atoms with Crippen molar-refractivity contribution >= 4 is 29.1 Å². The fraction of sp³-hybridized carbons (Fsp3) is 0.500. The quantitative estimate of drug-likeness (QED) is 0.546. The molecule has 0 spiro atoms. The van der Waals surface area contributed by atoms with Crippen LogP contribution in [0.15, 0.2) is 30.5 Å². The van der Waals surface area contributed by atoms with Gasteiger partial charge in [0.1, 0.15) is 11.1 Å². The lowest BCUT2D eigenvalue weighted by Gasteiger charge is -2.28. The number of thiocarbonyl (C=S) groups is 1. The van der Waals surface area contributed by atoms with E-state index in [1.54, 1.807) is 6.20 Å². The lowest BCUT2D eigenvalue weighted by molar-refractivity contribution is -0.134. The number of carboxylic acids is 2. The van der Waals surface area contributed by atoms with Gasteiger partial charge >= 0.3 is 11.9 Å². The minimum atomic E-state index is -1.26. The van der Waals surface area contributed by atoms with Crippen molar-refractivity contribution in [3.05, 3.63) is 36.0 Å². The van der Waals surface area contributed by atoms with Crippen LogP contribution < -0.4 is 4.74 Å². The third-order valence-corrected chi connectivity index (χ3v) is 5.22. The molecule has 3 rings (SSSR count). The zero-order valence-corrected chi connectivity index (χ0v) is 17.3. The van der Waals surface area contributed by atoms with Gasteiger partial charge < -0.3 is 24.7 Å². The second-order valence-corrected chi connectivity index (χ2v) is 7.37. The number of hydrogen-bond acceptors (Lipinski definition) is 6. The van der Waals surface area contributed by atoms with Crippen LogP contribution in [0.5, 0.6) is 5.88 Å². The molecule has 8 nitrogen and oxygen atoms in total. The summed E-state index contributed by atoms with van der Waals surface area (Å²) >= 11 is 5.53. The van der Waals surface area contributed by atoms with Crippen LogP contribution in [0.25, 0.3) is 0 Å². The van der Waals surface area contributed by atoms with Crippen LogP contribution in [0, 0.1) is 0 Å². The zero-order chi connectivity index (χ0) is 21.2. The fourth-order valence-electron chi connectivity index (χ4n) is 3.24. The Kier molecular flexibility index (Phi) is 9.01. The molecule has 3 heterocycles. The summed E-state index contributed by atoms with van der Waals surface area (Å²) in [5, 5.41) is 15.6. The van der Waals surface area contributed by atoms with Crippen molar-refractivity contribution in [3.8, 4) is 5.88 Å². The van der Waals surface area contributed by atoms with Gasteiger partial charge in [0.25, 0.3) is 0 Å². The number of nitrogens with zero attached hydrogens (tertiary/aromatic N) is 3. The summed E-state index contributed by atoms with van der Waals surface area (Å²) in [6, 6.07) is 3.91. The average molecular weight is 422 g/mol. The third kappa shape index (κ3) is 7.78. The van der Waals surface area contributed by atoms with Gasteiger partial charge in [-0.3, -0.25) is 0 Å². The van der Waals surface area contributed by atoms with Gasteiger partial charge in [0.05, 0.1) is 12.1 Å². The predicted molar refractivity (Wildman–Crippen MR) is 112 cm³/mol. The molecule has 2 N–H and O–H groups in total. The van der Waals surface area contributed by atoms with Gasteiger partial charge in [-0.25, -0.2) is 14.6 Å². The number of piperidine rings is 1. The van der Waals surface area contributed by atoms with Crippen molar-refractivity contribution in [3.63, 3.8) is 0 Å². The number of hydrogen-bond donors (Lipinski definition) is 2. The van der Waals surface area contributed by atoms with Crippen molar-refractivity contribution in [1.82, 2.24) is 14.8 Å². The maximum Gasteiger partial charge on any atom is 0.328 e. The Labute approximate surface area is 175 Å². The van der Waals surface area contributed by atoms with Crippen molar-refractivity contribution in [1.29, 1.82) is 0 Å². The summed E-state index contributed by atoms with van der Waals surface area (Å²) < 4.78 is 6.12. The summed E-state index contributed by atoms with van der Waals surface area (Å²) in [6.07, 6.45) is 8.12. The maximum absolute atomic E-state index is 9.55. The number of fused-ring (bicyclic) bond motifs is 1. The summed E-state index contributed by atoms with van der Waals surface area (Å²) in [5.74, 6) is -1.82. The van der Waals surface area contributed by atoms with Crippen LogP contribution in [0.3, 0.4) is 0 Å². The molecule has 2 aliphatic heterocycles.